The summed E-state index contributed by atoms with van der Waals surface area (Å²) >= 11 is 0. The molecule has 0 spiro atoms. The van der Waals surface area contributed by atoms with E-state index in [1.807, 2.05) is 42.5 Å². The third kappa shape index (κ3) is 4.98. The molecule has 0 aliphatic carbocycles. The summed E-state index contributed by atoms with van der Waals surface area (Å²) in [6.45, 7) is 4.62. The molecule has 2 aromatic carbocycles. The van der Waals surface area contributed by atoms with Crippen molar-refractivity contribution in [2.24, 2.45) is 5.92 Å². The predicted molar refractivity (Wildman–Crippen MR) is 108 cm³/mol. The van der Waals surface area contributed by atoms with Crippen molar-refractivity contribution >= 4 is 11.6 Å². The summed E-state index contributed by atoms with van der Waals surface area (Å²) in [5.74, 6) is 1.70. The van der Waals surface area contributed by atoms with Crippen LogP contribution >= 0.6 is 0 Å². The molecular formula is C23H27NO4. The first-order valence-electron chi connectivity index (χ1n) is 9.72. The van der Waals surface area contributed by atoms with Gasteiger partial charge in [-0.15, -0.1) is 0 Å². The number of rotatable bonds is 8. The van der Waals surface area contributed by atoms with Crippen molar-refractivity contribution in [3.63, 3.8) is 0 Å². The second kappa shape index (κ2) is 9.51. The van der Waals surface area contributed by atoms with E-state index in [4.69, 9.17) is 9.47 Å². The predicted octanol–water partition coefficient (Wildman–Crippen LogP) is 3.87. The lowest BCUT2D eigenvalue weighted by Gasteiger charge is -2.31. The molecule has 3 rings (SSSR count). The van der Waals surface area contributed by atoms with Gasteiger partial charge in [0.2, 0.25) is 0 Å². The van der Waals surface area contributed by atoms with Crippen LogP contribution in [0.25, 0.3) is 0 Å². The fourth-order valence-electron chi connectivity index (χ4n) is 3.58. The van der Waals surface area contributed by atoms with Gasteiger partial charge in [-0.1, -0.05) is 12.1 Å². The zero-order chi connectivity index (χ0) is 19.9. The largest absolute Gasteiger partial charge is 0.497 e. The van der Waals surface area contributed by atoms with Gasteiger partial charge < -0.3 is 9.47 Å². The van der Waals surface area contributed by atoms with Gasteiger partial charge in [0.15, 0.2) is 11.6 Å². The Morgan fingerprint density at radius 1 is 1.04 bits per heavy atom. The van der Waals surface area contributed by atoms with Crippen molar-refractivity contribution in [2.75, 3.05) is 33.4 Å². The van der Waals surface area contributed by atoms with Crippen LogP contribution in [-0.2, 0) is 0 Å². The molecule has 0 aromatic heterocycles. The topological polar surface area (TPSA) is 55.8 Å². The van der Waals surface area contributed by atoms with Gasteiger partial charge in [-0.2, -0.15) is 0 Å². The number of ether oxygens (including phenoxy) is 2. The molecule has 0 N–H and O–H groups in total. The van der Waals surface area contributed by atoms with Crippen LogP contribution in [-0.4, -0.2) is 49.8 Å². The fraction of sp³-hybridized carbons (Fsp3) is 0.391. The van der Waals surface area contributed by atoms with Gasteiger partial charge in [0.1, 0.15) is 18.1 Å². The molecule has 1 aliphatic rings. The lowest BCUT2D eigenvalue weighted by Crippen LogP contribution is -2.38. The van der Waals surface area contributed by atoms with Crippen molar-refractivity contribution in [2.45, 2.75) is 19.8 Å². The Hall–Kier alpha value is -2.66. The van der Waals surface area contributed by atoms with Crippen molar-refractivity contribution < 1.29 is 19.1 Å². The highest BCUT2D eigenvalue weighted by molar-refractivity contribution is 5.98. The highest BCUT2D eigenvalue weighted by Gasteiger charge is 2.25. The monoisotopic (exact) mass is 381 g/mol. The van der Waals surface area contributed by atoms with Gasteiger partial charge in [-0.3, -0.25) is 14.5 Å². The fourth-order valence-corrected chi connectivity index (χ4v) is 3.58. The van der Waals surface area contributed by atoms with Crippen molar-refractivity contribution in [1.82, 2.24) is 4.90 Å². The van der Waals surface area contributed by atoms with Crippen LogP contribution in [0.2, 0.25) is 0 Å². The smallest absolute Gasteiger partial charge is 0.166 e. The number of nitrogens with zero attached hydrogens (tertiary/aromatic N) is 1. The number of benzene rings is 2. The van der Waals surface area contributed by atoms with Gasteiger partial charge in [-0.05, 0) is 69.3 Å². The maximum Gasteiger partial charge on any atom is 0.166 e. The number of piperidine rings is 1. The van der Waals surface area contributed by atoms with E-state index < -0.39 is 0 Å². The zero-order valence-corrected chi connectivity index (χ0v) is 16.5. The number of Topliss-reactive ketones (excluding diaryl/α,β-unsaturated/α-hetero) is 2. The molecular weight excluding hydrogens is 354 g/mol. The molecule has 148 valence electrons. The minimum Gasteiger partial charge on any atom is -0.497 e. The van der Waals surface area contributed by atoms with Crippen LogP contribution in [0.4, 0.5) is 0 Å². The van der Waals surface area contributed by atoms with E-state index in [0.717, 1.165) is 43.8 Å². The van der Waals surface area contributed by atoms with Gasteiger partial charge in [0.25, 0.3) is 0 Å². The van der Waals surface area contributed by atoms with E-state index in [0.29, 0.717) is 17.9 Å². The number of methoxy groups -OCH3 is 1. The van der Waals surface area contributed by atoms with Crippen LogP contribution in [0.15, 0.2) is 48.5 Å². The number of ketones is 2. The van der Waals surface area contributed by atoms with Crippen molar-refractivity contribution in [3.05, 3.63) is 59.7 Å². The van der Waals surface area contributed by atoms with Crippen LogP contribution in [0.3, 0.4) is 0 Å². The van der Waals surface area contributed by atoms with Crippen molar-refractivity contribution in [1.29, 1.82) is 0 Å². The van der Waals surface area contributed by atoms with E-state index in [1.54, 1.807) is 20.1 Å². The minimum absolute atomic E-state index is 0.00783. The van der Waals surface area contributed by atoms with E-state index in [-0.39, 0.29) is 17.5 Å². The van der Waals surface area contributed by atoms with Crippen LogP contribution in [0.5, 0.6) is 11.5 Å². The molecule has 0 bridgehead atoms. The summed E-state index contributed by atoms with van der Waals surface area (Å²) < 4.78 is 11.0. The first-order valence-corrected chi connectivity index (χ1v) is 9.72. The number of hydrogen-bond acceptors (Lipinski definition) is 5. The van der Waals surface area contributed by atoms with Crippen LogP contribution < -0.4 is 9.47 Å². The average molecular weight is 381 g/mol. The van der Waals surface area contributed by atoms with Gasteiger partial charge >= 0.3 is 0 Å². The second-order valence-electron chi connectivity index (χ2n) is 7.11. The van der Waals surface area contributed by atoms with E-state index >= 15 is 0 Å². The summed E-state index contributed by atoms with van der Waals surface area (Å²) in [7, 11) is 1.62. The molecule has 0 saturated carbocycles. The third-order valence-corrected chi connectivity index (χ3v) is 5.26. The molecule has 0 atom stereocenters. The minimum atomic E-state index is 0.00783. The van der Waals surface area contributed by atoms with Gasteiger partial charge in [0.05, 0.1) is 12.7 Å². The Labute approximate surface area is 166 Å². The summed E-state index contributed by atoms with van der Waals surface area (Å²) in [6.07, 6.45) is 1.71. The Bertz CT molecular complexity index is 808. The molecule has 5 heteroatoms. The number of likely N-dealkylation sites (tertiary alicyclic amines) is 1. The highest BCUT2D eigenvalue weighted by atomic mass is 16.5. The molecule has 1 aliphatic heterocycles. The van der Waals surface area contributed by atoms with E-state index in [9.17, 15) is 9.59 Å². The van der Waals surface area contributed by atoms with E-state index in [1.165, 1.54) is 0 Å². The quantitative estimate of drug-likeness (QED) is 0.650. The molecule has 2 aromatic rings. The SMILES string of the molecule is COc1ccc(C(=O)C2CCN(CCOc3ccccc3C(C)=O)CC2)cc1. The zero-order valence-electron chi connectivity index (χ0n) is 16.5. The van der Waals surface area contributed by atoms with Crippen molar-refractivity contribution in [3.8, 4) is 11.5 Å². The first kappa shape index (κ1) is 20.1. The summed E-state index contributed by atoms with van der Waals surface area (Å²) in [6, 6.07) is 14.7. The second-order valence-corrected chi connectivity index (χ2v) is 7.11. The standard InChI is InChI=1S/C23H27NO4/c1-17(25)21-5-3-4-6-22(21)28-16-15-24-13-11-19(12-14-24)23(26)18-7-9-20(27-2)10-8-18/h3-10,19H,11-16H2,1-2H3. The van der Waals surface area contributed by atoms with Crippen LogP contribution in [0, 0.1) is 5.92 Å². The Morgan fingerprint density at radius 2 is 1.71 bits per heavy atom. The van der Waals surface area contributed by atoms with Gasteiger partial charge in [0, 0.05) is 18.0 Å². The van der Waals surface area contributed by atoms with Gasteiger partial charge in [-0.25, -0.2) is 0 Å². The molecule has 0 amide bonds. The summed E-state index contributed by atoms with van der Waals surface area (Å²) in [5, 5.41) is 0. The number of hydrogen-bond donors (Lipinski definition) is 0. The summed E-state index contributed by atoms with van der Waals surface area (Å²) in [5.41, 5.74) is 1.37. The molecule has 1 fully saturated rings. The number of carbonyl (C=O) groups is 2. The number of carbonyl (C=O) groups excluding carboxylic acids is 2. The maximum atomic E-state index is 12.7. The number of para-hydroxylation sites is 1. The molecule has 28 heavy (non-hydrogen) atoms. The Kier molecular flexibility index (Phi) is 6.82. The molecule has 1 saturated heterocycles. The molecule has 0 unspecified atom stereocenters. The maximum absolute atomic E-state index is 12.7. The lowest BCUT2D eigenvalue weighted by molar-refractivity contribution is 0.0827. The third-order valence-electron chi connectivity index (χ3n) is 5.26. The Balaban J connectivity index is 1.45. The molecule has 1 heterocycles. The van der Waals surface area contributed by atoms with Crippen LogP contribution in [0.1, 0.15) is 40.5 Å². The molecule has 0 radical (unpaired) electrons. The normalized spacial score (nSPS) is 15.2. The first-order chi connectivity index (χ1) is 13.6. The lowest BCUT2D eigenvalue weighted by atomic mass is 9.89. The summed E-state index contributed by atoms with van der Waals surface area (Å²) in [4.78, 5) is 26.7. The average Bonchev–Trinajstić information content (AvgIpc) is 2.74. The molecule has 5 nitrogen and oxygen atoms in total. The van der Waals surface area contributed by atoms with E-state index in [2.05, 4.69) is 4.90 Å². The highest BCUT2D eigenvalue weighted by Crippen LogP contribution is 2.23. The Morgan fingerprint density at radius 3 is 2.36 bits per heavy atom.